The van der Waals surface area contributed by atoms with Crippen LogP contribution in [0.25, 0.3) is 11.6 Å². The zero-order chi connectivity index (χ0) is 19.8. The largest absolute Gasteiger partial charge is 0.497 e. The summed E-state index contributed by atoms with van der Waals surface area (Å²) in [6.45, 7) is 7.79. The molecule has 3 heterocycles. The fraction of sp³-hybridized carbons (Fsp3) is 0.381. The first kappa shape index (κ1) is 18.3. The Labute approximate surface area is 163 Å². The van der Waals surface area contributed by atoms with Crippen molar-refractivity contribution in [1.82, 2.24) is 19.7 Å². The number of benzene rings is 1. The quantitative estimate of drug-likeness (QED) is 0.694. The minimum atomic E-state index is 0.0181. The van der Waals surface area contributed by atoms with Crippen LogP contribution in [-0.2, 0) is 19.5 Å². The Kier molecular flexibility index (Phi) is 4.66. The van der Waals surface area contributed by atoms with Crippen molar-refractivity contribution in [3.8, 4) is 17.3 Å². The first-order chi connectivity index (χ1) is 13.5. The van der Waals surface area contributed by atoms with Crippen molar-refractivity contribution >= 4 is 5.91 Å². The van der Waals surface area contributed by atoms with Crippen molar-refractivity contribution in [2.75, 3.05) is 13.7 Å². The van der Waals surface area contributed by atoms with E-state index in [2.05, 4.69) is 11.9 Å². The van der Waals surface area contributed by atoms with Crippen LogP contribution in [0.15, 0.2) is 28.8 Å². The minimum Gasteiger partial charge on any atom is -0.497 e. The molecular weight excluding hydrogens is 356 g/mol. The van der Waals surface area contributed by atoms with Gasteiger partial charge in [0, 0.05) is 36.3 Å². The summed E-state index contributed by atoms with van der Waals surface area (Å²) < 4.78 is 13.0. The molecule has 0 saturated heterocycles. The second-order valence-corrected chi connectivity index (χ2v) is 7.02. The summed E-state index contributed by atoms with van der Waals surface area (Å²) in [6, 6.07) is 5.55. The van der Waals surface area contributed by atoms with Crippen molar-refractivity contribution in [1.29, 1.82) is 0 Å². The van der Waals surface area contributed by atoms with Crippen molar-refractivity contribution in [3.05, 3.63) is 52.5 Å². The van der Waals surface area contributed by atoms with E-state index < -0.39 is 0 Å². The SMILES string of the molecule is CCn1nc(-c2ncc(C)o2)c2c1CCN(C(=O)c1ccc(OC)cc1C)C2. The molecule has 1 aliphatic heterocycles. The Balaban J connectivity index is 1.67. The number of carbonyl (C=O) groups is 1. The summed E-state index contributed by atoms with van der Waals surface area (Å²) in [6.07, 6.45) is 2.45. The van der Waals surface area contributed by atoms with Gasteiger partial charge >= 0.3 is 0 Å². The summed E-state index contributed by atoms with van der Waals surface area (Å²) in [7, 11) is 1.62. The smallest absolute Gasteiger partial charge is 0.254 e. The number of hydrogen-bond acceptors (Lipinski definition) is 5. The highest BCUT2D eigenvalue weighted by molar-refractivity contribution is 5.96. The number of oxazole rings is 1. The highest BCUT2D eigenvalue weighted by atomic mass is 16.5. The molecule has 4 rings (SSSR count). The summed E-state index contributed by atoms with van der Waals surface area (Å²) in [5.74, 6) is 2.02. The van der Waals surface area contributed by atoms with E-state index in [9.17, 15) is 4.79 Å². The van der Waals surface area contributed by atoms with Crippen LogP contribution in [0.4, 0.5) is 0 Å². The van der Waals surface area contributed by atoms with Gasteiger partial charge in [0.05, 0.1) is 19.9 Å². The third-order valence-corrected chi connectivity index (χ3v) is 5.21. The summed E-state index contributed by atoms with van der Waals surface area (Å²) in [4.78, 5) is 19.4. The lowest BCUT2D eigenvalue weighted by atomic mass is 10.0. The topological polar surface area (TPSA) is 73.4 Å². The second kappa shape index (κ2) is 7.14. The molecule has 2 aromatic heterocycles. The molecule has 7 nitrogen and oxygen atoms in total. The van der Waals surface area contributed by atoms with Crippen LogP contribution in [0, 0.1) is 13.8 Å². The highest BCUT2D eigenvalue weighted by Gasteiger charge is 2.30. The Hall–Kier alpha value is -3.09. The van der Waals surface area contributed by atoms with Crippen LogP contribution < -0.4 is 4.74 Å². The van der Waals surface area contributed by atoms with Gasteiger partial charge in [-0.2, -0.15) is 5.10 Å². The summed E-state index contributed by atoms with van der Waals surface area (Å²) >= 11 is 0. The lowest BCUT2D eigenvalue weighted by molar-refractivity contribution is 0.0732. The van der Waals surface area contributed by atoms with E-state index in [0.29, 0.717) is 24.5 Å². The molecule has 0 spiro atoms. The molecule has 3 aromatic rings. The van der Waals surface area contributed by atoms with Crippen LogP contribution in [-0.4, -0.2) is 39.2 Å². The molecule has 28 heavy (non-hydrogen) atoms. The van der Waals surface area contributed by atoms with Crippen molar-refractivity contribution in [3.63, 3.8) is 0 Å². The van der Waals surface area contributed by atoms with E-state index in [-0.39, 0.29) is 5.91 Å². The average Bonchev–Trinajstić information content (AvgIpc) is 3.29. The molecular formula is C21H24N4O3. The Bertz CT molecular complexity index is 1030. The number of aromatic nitrogens is 3. The van der Waals surface area contributed by atoms with E-state index in [1.165, 1.54) is 0 Å². The molecule has 0 saturated carbocycles. The number of methoxy groups -OCH3 is 1. The Morgan fingerprint density at radius 3 is 2.79 bits per heavy atom. The van der Waals surface area contributed by atoms with Crippen LogP contribution >= 0.6 is 0 Å². The molecule has 0 unspecified atom stereocenters. The predicted octanol–water partition coefficient (Wildman–Crippen LogP) is 3.38. The maximum absolute atomic E-state index is 13.2. The Morgan fingerprint density at radius 2 is 2.14 bits per heavy atom. The molecule has 0 aliphatic carbocycles. The molecule has 0 fully saturated rings. The molecule has 0 bridgehead atoms. The zero-order valence-electron chi connectivity index (χ0n) is 16.7. The third-order valence-electron chi connectivity index (χ3n) is 5.21. The molecule has 1 amide bonds. The second-order valence-electron chi connectivity index (χ2n) is 7.02. The summed E-state index contributed by atoms with van der Waals surface area (Å²) in [5.41, 5.74) is 4.51. The standard InChI is InChI=1S/C21H24N4O3/c1-5-25-18-8-9-24(21(26)16-7-6-15(27-4)10-13(16)2)12-17(18)19(23-25)20-22-11-14(3)28-20/h6-7,10-11H,5,8-9,12H2,1-4H3. The lowest BCUT2D eigenvalue weighted by Gasteiger charge is -2.28. The lowest BCUT2D eigenvalue weighted by Crippen LogP contribution is -2.36. The van der Waals surface area contributed by atoms with Gasteiger partial charge in [0.2, 0.25) is 5.89 Å². The summed E-state index contributed by atoms with van der Waals surface area (Å²) in [5, 5.41) is 4.71. The van der Waals surface area contributed by atoms with E-state index >= 15 is 0 Å². The number of rotatable bonds is 4. The van der Waals surface area contributed by atoms with Gasteiger partial charge in [-0.25, -0.2) is 4.98 Å². The van der Waals surface area contributed by atoms with Gasteiger partial charge in [-0.1, -0.05) is 0 Å². The Morgan fingerprint density at radius 1 is 1.32 bits per heavy atom. The molecule has 1 aromatic carbocycles. The average molecular weight is 380 g/mol. The number of ether oxygens (including phenoxy) is 1. The van der Waals surface area contributed by atoms with Gasteiger partial charge in [-0.3, -0.25) is 9.48 Å². The van der Waals surface area contributed by atoms with Crippen LogP contribution in [0.3, 0.4) is 0 Å². The van der Waals surface area contributed by atoms with Crippen molar-refractivity contribution in [2.45, 2.75) is 40.3 Å². The maximum atomic E-state index is 13.2. The monoisotopic (exact) mass is 380 g/mol. The van der Waals surface area contributed by atoms with Crippen molar-refractivity contribution < 1.29 is 13.9 Å². The van der Waals surface area contributed by atoms with Gasteiger partial charge in [0.15, 0.2) is 5.69 Å². The van der Waals surface area contributed by atoms with Crippen LogP contribution in [0.5, 0.6) is 5.75 Å². The van der Waals surface area contributed by atoms with E-state index in [1.807, 2.05) is 41.6 Å². The van der Waals surface area contributed by atoms with E-state index in [1.54, 1.807) is 13.3 Å². The fourth-order valence-electron chi connectivity index (χ4n) is 3.74. The number of carbonyl (C=O) groups excluding carboxylic acids is 1. The van der Waals surface area contributed by atoms with Gasteiger partial charge in [-0.15, -0.1) is 0 Å². The molecule has 146 valence electrons. The highest BCUT2D eigenvalue weighted by Crippen LogP contribution is 2.31. The number of aryl methyl sites for hydroxylation is 3. The first-order valence-electron chi connectivity index (χ1n) is 9.47. The molecule has 0 radical (unpaired) electrons. The third kappa shape index (κ3) is 3.06. The molecule has 7 heteroatoms. The zero-order valence-corrected chi connectivity index (χ0v) is 16.7. The molecule has 0 atom stereocenters. The number of fused-ring (bicyclic) bond motifs is 1. The number of hydrogen-bond donors (Lipinski definition) is 0. The van der Waals surface area contributed by atoms with Crippen LogP contribution in [0.2, 0.25) is 0 Å². The fourth-order valence-corrected chi connectivity index (χ4v) is 3.74. The van der Waals surface area contributed by atoms with E-state index in [4.69, 9.17) is 14.3 Å². The van der Waals surface area contributed by atoms with Gasteiger partial charge in [0.1, 0.15) is 11.5 Å². The predicted molar refractivity (Wildman–Crippen MR) is 104 cm³/mol. The molecule has 0 N–H and O–H groups in total. The van der Waals surface area contributed by atoms with Crippen LogP contribution in [0.1, 0.15) is 39.9 Å². The maximum Gasteiger partial charge on any atom is 0.254 e. The number of nitrogens with zero attached hydrogens (tertiary/aromatic N) is 4. The van der Waals surface area contributed by atoms with E-state index in [0.717, 1.165) is 47.0 Å². The van der Waals surface area contributed by atoms with Crippen molar-refractivity contribution in [2.24, 2.45) is 0 Å². The molecule has 1 aliphatic rings. The van der Waals surface area contributed by atoms with Gasteiger partial charge in [-0.05, 0) is 44.5 Å². The first-order valence-corrected chi connectivity index (χ1v) is 9.47. The normalized spacial score (nSPS) is 13.5. The number of amides is 1. The van der Waals surface area contributed by atoms with Gasteiger partial charge < -0.3 is 14.1 Å². The van der Waals surface area contributed by atoms with Gasteiger partial charge in [0.25, 0.3) is 5.91 Å². The minimum absolute atomic E-state index is 0.0181.